The van der Waals surface area contributed by atoms with Gasteiger partial charge in [0.2, 0.25) is 0 Å². The maximum atomic E-state index is 12.7. The number of likely N-dealkylation sites (tertiary alicyclic amines) is 1. The highest BCUT2D eigenvalue weighted by molar-refractivity contribution is 5.85. The van der Waals surface area contributed by atoms with Crippen LogP contribution < -0.4 is 4.74 Å². The van der Waals surface area contributed by atoms with Gasteiger partial charge in [0.25, 0.3) is 0 Å². The van der Waals surface area contributed by atoms with Gasteiger partial charge in [-0.25, -0.2) is 9.18 Å². The molecule has 6 heteroatoms. The summed E-state index contributed by atoms with van der Waals surface area (Å²) in [7, 11) is 0. The molecule has 22 heavy (non-hydrogen) atoms. The van der Waals surface area contributed by atoms with Crippen molar-refractivity contribution in [1.82, 2.24) is 4.90 Å². The minimum atomic E-state index is -0.399. The first-order valence-corrected chi connectivity index (χ1v) is 7.43. The highest BCUT2D eigenvalue weighted by Crippen LogP contribution is 2.12. The Hall–Kier alpha value is -1.33. The summed E-state index contributed by atoms with van der Waals surface area (Å²) in [5.74, 6) is -0.277. The number of ether oxygens (including phenoxy) is 2. The number of piperidine rings is 1. The average molecular weight is 332 g/mol. The largest absolute Gasteiger partial charge is 0.482 e. The predicted octanol–water partition coefficient (Wildman–Crippen LogP) is 3.04. The fourth-order valence-corrected chi connectivity index (χ4v) is 2.47. The molecule has 1 fully saturated rings. The molecule has 0 radical (unpaired) electrons. The molecule has 2 rings (SSSR count). The molecule has 0 saturated carbocycles. The van der Waals surface area contributed by atoms with Crippen molar-refractivity contribution in [3.63, 3.8) is 0 Å². The van der Waals surface area contributed by atoms with Crippen LogP contribution in [0.5, 0.6) is 5.75 Å². The van der Waals surface area contributed by atoms with Crippen LogP contribution in [-0.4, -0.2) is 43.2 Å². The molecule has 0 N–H and O–H groups in total. The average Bonchev–Trinajstić information content (AvgIpc) is 2.47. The van der Waals surface area contributed by atoms with E-state index in [0.29, 0.717) is 5.75 Å². The number of carbonyl (C=O) groups is 1. The first kappa shape index (κ1) is 18.7. The zero-order valence-corrected chi connectivity index (χ0v) is 13.6. The van der Waals surface area contributed by atoms with Crippen molar-refractivity contribution in [3.8, 4) is 5.75 Å². The van der Waals surface area contributed by atoms with Gasteiger partial charge in [-0.2, -0.15) is 0 Å². The van der Waals surface area contributed by atoms with Crippen molar-refractivity contribution < 1.29 is 18.7 Å². The Morgan fingerprint density at radius 1 is 1.23 bits per heavy atom. The summed E-state index contributed by atoms with van der Waals surface area (Å²) in [6.07, 6.45) is 3.58. The van der Waals surface area contributed by atoms with Crippen LogP contribution in [0, 0.1) is 5.82 Å². The molecular weight excluding hydrogens is 309 g/mol. The van der Waals surface area contributed by atoms with Gasteiger partial charge in [-0.15, -0.1) is 12.4 Å². The molecule has 1 saturated heterocycles. The Morgan fingerprint density at radius 2 is 1.86 bits per heavy atom. The third kappa shape index (κ3) is 6.62. The molecule has 1 aliphatic heterocycles. The summed E-state index contributed by atoms with van der Waals surface area (Å²) in [4.78, 5) is 14.0. The van der Waals surface area contributed by atoms with Gasteiger partial charge in [-0.05, 0) is 57.1 Å². The Labute approximate surface area is 137 Å². The number of rotatable bonds is 6. The van der Waals surface area contributed by atoms with Gasteiger partial charge in [0.05, 0.1) is 0 Å². The van der Waals surface area contributed by atoms with Gasteiger partial charge in [-0.1, -0.05) is 6.42 Å². The second-order valence-electron chi connectivity index (χ2n) is 5.40. The van der Waals surface area contributed by atoms with E-state index in [2.05, 4.69) is 4.90 Å². The fourth-order valence-electron chi connectivity index (χ4n) is 2.47. The van der Waals surface area contributed by atoms with E-state index in [-0.39, 0.29) is 30.9 Å². The Morgan fingerprint density at radius 3 is 2.50 bits per heavy atom. The lowest BCUT2D eigenvalue weighted by Gasteiger charge is -2.28. The molecule has 1 unspecified atom stereocenters. The Kier molecular flexibility index (Phi) is 8.20. The summed E-state index contributed by atoms with van der Waals surface area (Å²) in [6, 6.07) is 5.55. The SMILES string of the molecule is CC(CN1CCCCC1)OC(=O)COc1ccc(F)cc1.Cl. The number of carbonyl (C=O) groups excluding carboxylic acids is 1. The topological polar surface area (TPSA) is 38.8 Å². The minimum Gasteiger partial charge on any atom is -0.482 e. The van der Waals surface area contributed by atoms with Crippen LogP contribution in [-0.2, 0) is 9.53 Å². The van der Waals surface area contributed by atoms with Crippen LogP contribution in [0.15, 0.2) is 24.3 Å². The van der Waals surface area contributed by atoms with E-state index in [1.54, 1.807) is 0 Å². The van der Waals surface area contributed by atoms with E-state index in [1.807, 2.05) is 6.92 Å². The van der Waals surface area contributed by atoms with E-state index in [1.165, 1.54) is 43.5 Å². The molecular formula is C16H23ClFNO3. The molecule has 0 aromatic heterocycles. The lowest BCUT2D eigenvalue weighted by Crippen LogP contribution is -2.37. The molecule has 1 aromatic rings. The zero-order chi connectivity index (χ0) is 15.1. The van der Waals surface area contributed by atoms with E-state index in [0.717, 1.165) is 19.6 Å². The van der Waals surface area contributed by atoms with Crippen LogP contribution in [0.25, 0.3) is 0 Å². The number of halogens is 2. The predicted molar refractivity (Wildman–Crippen MR) is 85.0 cm³/mol. The maximum Gasteiger partial charge on any atom is 0.344 e. The maximum absolute atomic E-state index is 12.7. The van der Waals surface area contributed by atoms with E-state index < -0.39 is 5.97 Å². The van der Waals surface area contributed by atoms with Crippen molar-refractivity contribution in [2.24, 2.45) is 0 Å². The van der Waals surface area contributed by atoms with Gasteiger partial charge in [0.15, 0.2) is 6.61 Å². The van der Waals surface area contributed by atoms with Gasteiger partial charge in [0, 0.05) is 6.54 Å². The highest BCUT2D eigenvalue weighted by Gasteiger charge is 2.16. The van der Waals surface area contributed by atoms with Crippen LogP contribution in [0.2, 0.25) is 0 Å². The minimum absolute atomic E-state index is 0. The van der Waals surface area contributed by atoms with Gasteiger partial charge in [-0.3, -0.25) is 4.90 Å². The van der Waals surface area contributed by atoms with E-state index >= 15 is 0 Å². The van der Waals surface area contributed by atoms with Crippen molar-refractivity contribution in [2.75, 3.05) is 26.2 Å². The molecule has 0 amide bonds. The standard InChI is InChI=1S/C16H22FNO3.ClH/c1-13(11-18-9-3-2-4-10-18)21-16(19)12-20-15-7-5-14(17)6-8-15;/h5-8,13H,2-4,9-12H2,1H3;1H. The summed E-state index contributed by atoms with van der Waals surface area (Å²) in [6.45, 7) is 4.66. The van der Waals surface area contributed by atoms with E-state index in [4.69, 9.17) is 9.47 Å². The van der Waals surface area contributed by atoms with Gasteiger partial charge in [0.1, 0.15) is 17.7 Å². The monoisotopic (exact) mass is 331 g/mol. The molecule has 0 bridgehead atoms. The van der Waals surface area contributed by atoms with Crippen molar-refractivity contribution in [2.45, 2.75) is 32.3 Å². The van der Waals surface area contributed by atoms with Gasteiger partial charge < -0.3 is 9.47 Å². The summed E-state index contributed by atoms with van der Waals surface area (Å²) < 4.78 is 23.3. The number of esters is 1. The van der Waals surface area contributed by atoms with Crippen LogP contribution in [0.3, 0.4) is 0 Å². The summed E-state index contributed by atoms with van der Waals surface area (Å²) >= 11 is 0. The summed E-state index contributed by atoms with van der Waals surface area (Å²) in [5.41, 5.74) is 0. The zero-order valence-electron chi connectivity index (χ0n) is 12.8. The Balaban J connectivity index is 0.00000242. The highest BCUT2D eigenvalue weighted by atomic mass is 35.5. The molecule has 0 spiro atoms. The number of hydrogen-bond acceptors (Lipinski definition) is 4. The first-order chi connectivity index (χ1) is 10.1. The lowest BCUT2D eigenvalue weighted by atomic mass is 10.1. The lowest BCUT2D eigenvalue weighted by molar-refractivity contribution is -0.151. The van der Waals surface area contributed by atoms with Crippen LogP contribution in [0.4, 0.5) is 4.39 Å². The molecule has 0 aliphatic carbocycles. The molecule has 1 atom stereocenters. The first-order valence-electron chi connectivity index (χ1n) is 7.43. The molecule has 4 nitrogen and oxygen atoms in total. The summed E-state index contributed by atoms with van der Waals surface area (Å²) in [5, 5.41) is 0. The van der Waals surface area contributed by atoms with Crippen molar-refractivity contribution >= 4 is 18.4 Å². The third-order valence-electron chi connectivity index (χ3n) is 3.47. The van der Waals surface area contributed by atoms with E-state index in [9.17, 15) is 9.18 Å². The Bertz CT molecular complexity index is 449. The van der Waals surface area contributed by atoms with Crippen molar-refractivity contribution in [1.29, 1.82) is 0 Å². The third-order valence-corrected chi connectivity index (χ3v) is 3.47. The van der Waals surface area contributed by atoms with Crippen LogP contribution in [0.1, 0.15) is 26.2 Å². The molecule has 1 heterocycles. The number of benzene rings is 1. The fraction of sp³-hybridized carbons (Fsp3) is 0.562. The second kappa shape index (κ2) is 9.64. The van der Waals surface area contributed by atoms with Crippen LogP contribution >= 0.6 is 12.4 Å². The molecule has 1 aromatic carbocycles. The normalized spacial score (nSPS) is 16.5. The van der Waals surface area contributed by atoms with Gasteiger partial charge >= 0.3 is 5.97 Å². The number of nitrogens with zero attached hydrogens (tertiary/aromatic N) is 1. The number of hydrogen-bond donors (Lipinski definition) is 0. The second-order valence-corrected chi connectivity index (χ2v) is 5.40. The van der Waals surface area contributed by atoms with Crippen molar-refractivity contribution in [3.05, 3.63) is 30.1 Å². The smallest absolute Gasteiger partial charge is 0.344 e. The molecule has 124 valence electrons. The quantitative estimate of drug-likeness (QED) is 0.751. The molecule has 1 aliphatic rings.